The number of ether oxygens (including phenoxy) is 2. The quantitative estimate of drug-likeness (QED) is 0.766. The molecule has 1 rings (SSSR count). The Kier molecular flexibility index (Phi) is 7.46. The molecule has 5 heteroatoms. The summed E-state index contributed by atoms with van der Waals surface area (Å²) >= 11 is 0. The standard InChI is InChI=1S/C16H32N2O3/c1-13(2)17-9-6-12-20-14-7-10-18(11-8-14)15(19)21-16(3,4)5/h13-14,17H,6-12H2,1-5H3. The molecule has 0 radical (unpaired) electrons. The Morgan fingerprint density at radius 3 is 2.43 bits per heavy atom. The van der Waals surface area contributed by atoms with E-state index in [1.165, 1.54) is 0 Å². The Bertz CT molecular complexity index is 305. The molecule has 0 aromatic carbocycles. The first-order chi connectivity index (χ1) is 9.78. The summed E-state index contributed by atoms with van der Waals surface area (Å²) in [7, 11) is 0. The van der Waals surface area contributed by atoms with Gasteiger partial charge in [-0.1, -0.05) is 13.8 Å². The highest BCUT2D eigenvalue weighted by Crippen LogP contribution is 2.17. The molecule has 21 heavy (non-hydrogen) atoms. The van der Waals surface area contributed by atoms with Gasteiger partial charge < -0.3 is 19.7 Å². The van der Waals surface area contributed by atoms with Gasteiger partial charge in [0.25, 0.3) is 0 Å². The fraction of sp³-hybridized carbons (Fsp3) is 0.938. The summed E-state index contributed by atoms with van der Waals surface area (Å²) in [6.45, 7) is 13.2. The van der Waals surface area contributed by atoms with Crippen LogP contribution in [0.1, 0.15) is 53.9 Å². The van der Waals surface area contributed by atoms with Crippen LogP contribution in [0.25, 0.3) is 0 Å². The highest BCUT2D eigenvalue weighted by molar-refractivity contribution is 5.68. The van der Waals surface area contributed by atoms with E-state index in [1.54, 1.807) is 4.90 Å². The number of carbonyl (C=O) groups is 1. The van der Waals surface area contributed by atoms with Crippen LogP contribution in [0.2, 0.25) is 0 Å². The van der Waals surface area contributed by atoms with Crippen LogP contribution in [0.15, 0.2) is 0 Å². The van der Waals surface area contributed by atoms with E-state index in [-0.39, 0.29) is 12.2 Å². The number of nitrogens with one attached hydrogen (secondary N) is 1. The molecular formula is C16H32N2O3. The van der Waals surface area contributed by atoms with Crippen molar-refractivity contribution in [3.63, 3.8) is 0 Å². The van der Waals surface area contributed by atoms with E-state index in [9.17, 15) is 4.79 Å². The highest BCUT2D eigenvalue weighted by Gasteiger charge is 2.26. The minimum atomic E-state index is -0.423. The molecule has 1 heterocycles. The van der Waals surface area contributed by atoms with Crippen molar-refractivity contribution >= 4 is 6.09 Å². The van der Waals surface area contributed by atoms with Crippen LogP contribution in [0, 0.1) is 0 Å². The van der Waals surface area contributed by atoms with Crippen molar-refractivity contribution in [1.29, 1.82) is 0 Å². The Balaban J connectivity index is 2.13. The molecule has 0 aromatic rings. The molecule has 1 fully saturated rings. The van der Waals surface area contributed by atoms with E-state index < -0.39 is 5.60 Å². The Hall–Kier alpha value is -0.810. The van der Waals surface area contributed by atoms with E-state index in [4.69, 9.17) is 9.47 Å². The van der Waals surface area contributed by atoms with Gasteiger partial charge in [-0.2, -0.15) is 0 Å². The molecule has 0 saturated carbocycles. The molecule has 0 aliphatic carbocycles. The predicted molar refractivity (Wildman–Crippen MR) is 84.5 cm³/mol. The summed E-state index contributed by atoms with van der Waals surface area (Å²) in [4.78, 5) is 13.7. The molecule has 0 aromatic heterocycles. The lowest BCUT2D eigenvalue weighted by atomic mass is 10.1. The third kappa shape index (κ3) is 8.27. The van der Waals surface area contributed by atoms with Crippen LogP contribution in [0.3, 0.4) is 0 Å². The van der Waals surface area contributed by atoms with Crippen LogP contribution in [-0.4, -0.2) is 55.0 Å². The number of nitrogens with zero attached hydrogens (tertiary/aromatic N) is 1. The lowest BCUT2D eigenvalue weighted by Crippen LogP contribution is -2.43. The average Bonchev–Trinajstić information content (AvgIpc) is 2.36. The number of amides is 1. The van der Waals surface area contributed by atoms with Crippen molar-refractivity contribution in [2.24, 2.45) is 0 Å². The first-order valence-corrected chi connectivity index (χ1v) is 8.11. The van der Waals surface area contributed by atoms with Crippen molar-refractivity contribution in [2.45, 2.75) is 71.6 Å². The Morgan fingerprint density at radius 2 is 1.90 bits per heavy atom. The second-order valence-corrected chi connectivity index (χ2v) is 7.00. The Labute approximate surface area is 129 Å². The largest absolute Gasteiger partial charge is 0.444 e. The molecule has 1 N–H and O–H groups in total. The summed E-state index contributed by atoms with van der Waals surface area (Å²) in [6.07, 6.45) is 2.91. The van der Waals surface area contributed by atoms with Crippen molar-refractivity contribution in [3.8, 4) is 0 Å². The van der Waals surface area contributed by atoms with Crippen LogP contribution in [0.4, 0.5) is 4.79 Å². The average molecular weight is 300 g/mol. The summed E-state index contributed by atoms with van der Waals surface area (Å²) in [5.74, 6) is 0. The second kappa shape index (κ2) is 8.59. The molecule has 1 aliphatic rings. The van der Waals surface area contributed by atoms with Gasteiger partial charge in [-0.25, -0.2) is 4.79 Å². The third-order valence-electron chi connectivity index (χ3n) is 3.32. The molecule has 1 aliphatic heterocycles. The molecule has 1 amide bonds. The van der Waals surface area contributed by atoms with Gasteiger partial charge in [0, 0.05) is 25.7 Å². The van der Waals surface area contributed by atoms with Gasteiger partial charge in [0.1, 0.15) is 5.60 Å². The predicted octanol–water partition coefficient (Wildman–Crippen LogP) is 2.79. The number of hydrogen-bond acceptors (Lipinski definition) is 4. The zero-order valence-electron chi connectivity index (χ0n) is 14.3. The van der Waals surface area contributed by atoms with Gasteiger partial charge in [-0.3, -0.25) is 0 Å². The van der Waals surface area contributed by atoms with Crippen LogP contribution < -0.4 is 5.32 Å². The maximum Gasteiger partial charge on any atom is 0.410 e. The first-order valence-electron chi connectivity index (χ1n) is 8.11. The molecular weight excluding hydrogens is 268 g/mol. The summed E-state index contributed by atoms with van der Waals surface area (Å²) in [5.41, 5.74) is -0.423. The third-order valence-corrected chi connectivity index (χ3v) is 3.32. The zero-order chi connectivity index (χ0) is 15.9. The van der Waals surface area contributed by atoms with Crippen molar-refractivity contribution in [2.75, 3.05) is 26.2 Å². The molecule has 0 unspecified atom stereocenters. The van der Waals surface area contributed by atoms with E-state index >= 15 is 0 Å². The Morgan fingerprint density at radius 1 is 1.29 bits per heavy atom. The molecule has 1 saturated heterocycles. The molecule has 0 atom stereocenters. The van der Waals surface area contributed by atoms with Gasteiger partial charge in [0.05, 0.1) is 6.10 Å². The monoisotopic (exact) mass is 300 g/mol. The van der Waals surface area contributed by atoms with Gasteiger partial charge in [0.2, 0.25) is 0 Å². The second-order valence-electron chi connectivity index (χ2n) is 7.00. The number of hydrogen-bond donors (Lipinski definition) is 1. The fourth-order valence-corrected chi connectivity index (χ4v) is 2.24. The smallest absolute Gasteiger partial charge is 0.410 e. The maximum atomic E-state index is 11.9. The normalized spacial score (nSPS) is 17.3. The minimum absolute atomic E-state index is 0.206. The number of piperidine rings is 1. The van der Waals surface area contributed by atoms with Crippen molar-refractivity contribution < 1.29 is 14.3 Å². The number of rotatable bonds is 6. The molecule has 124 valence electrons. The van der Waals surface area contributed by atoms with Gasteiger partial charge in [-0.05, 0) is 46.6 Å². The summed E-state index contributed by atoms with van der Waals surface area (Å²) < 4.78 is 11.3. The molecule has 0 spiro atoms. The van der Waals surface area contributed by atoms with Crippen molar-refractivity contribution in [3.05, 3.63) is 0 Å². The maximum absolute atomic E-state index is 11.9. The topological polar surface area (TPSA) is 50.8 Å². The van der Waals surface area contributed by atoms with Crippen molar-refractivity contribution in [1.82, 2.24) is 10.2 Å². The van der Waals surface area contributed by atoms with E-state index in [0.29, 0.717) is 6.04 Å². The lowest BCUT2D eigenvalue weighted by Gasteiger charge is -2.33. The fourth-order valence-electron chi connectivity index (χ4n) is 2.24. The highest BCUT2D eigenvalue weighted by atomic mass is 16.6. The number of likely N-dealkylation sites (tertiary alicyclic amines) is 1. The lowest BCUT2D eigenvalue weighted by molar-refractivity contribution is -0.0117. The van der Waals surface area contributed by atoms with Gasteiger partial charge >= 0.3 is 6.09 Å². The van der Waals surface area contributed by atoms with Crippen LogP contribution in [0.5, 0.6) is 0 Å². The first kappa shape index (κ1) is 18.2. The zero-order valence-corrected chi connectivity index (χ0v) is 14.3. The van der Waals surface area contributed by atoms with Crippen LogP contribution >= 0.6 is 0 Å². The summed E-state index contributed by atoms with van der Waals surface area (Å²) in [5, 5.41) is 3.38. The minimum Gasteiger partial charge on any atom is -0.444 e. The molecule has 5 nitrogen and oxygen atoms in total. The molecule has 0 bridgehead atoms. The SMILES string of the molecule is CC(C)NCCCOC1CCN(C(=O)OC(C)(C)C)CC1. The summed E-state index contributed by atoms with van der Waals surface area (Å²) in [6, 6.07) is 0.530. The van der Waals surface area contributed by atoms with Crippen LogP contribution in [-0.2, 0) is 9.47 Å². The van der Waals surface area contributed by atoms with E-state index in [2.05, 4.69) is 19.2 Å². The van der Waals surface area contributed by atoms with Gasteiger partial charge in [0.15, 0.2) is 0 Å². The van der Waals surface area contributed by atoms with Gasteiger partial charge in [-0.15, -0.1) is 0 Å². The van der Waals surface area contributed by atoms with E-state index in [0.717, 1.165) is 45.5 Å². The van der Waals surface area contributed by atoms with E-state index in [1.807, 2.05) is 20.8 Å². The number of carbonyl (C=O) groups excluding carboxylic acids is 1.